The third-order valence-electron chi connectivity index (χ3n) is 3.84. The zero-order valence-electron chi connectivity index (χ0n) is 10.7. The van der Waals surface area contributed by atoms with E-state index in [1.165, 1.54) is 26.9 Å². The Morgan fingerprint density at radius 1 is 0.700 bits per heavy atom. The Labute approximate surface area is 126 Å². The van der Waals surface area contributed by atoms with Crippen molar-refractivity contribution in [3.05, 3.63) is 65.1 Å². The second-order valence-corrected chi connectivity index (χ2v) is 5.87. The minimum absolute atomic E-state index is 0.829. The highest BCUT2D eigenvalue weighted by molar-refractivity contribution is 9.10. The molecule has 4 aromatic carbocycles. The highest BCUT2D eigenvalue weighted by atomic mass is 79.9. The molecule has 0 amide bonds. The van der Waals surface area contributed by atoms with Crippen LogP contribution in [0.15, 0.2) is 65.1 Å². The van der Waals surface area contributed by atoms with Gasteiger partial charge in [0, 0.05) is 4.47 Å². The van der Waals surface area contributed by atoms with Crippen molar-refractivity contribution in [1.29, 1.82) is 0 Å². The van der Waals surface area contributed by atoms with Crippen LogP contribution in [-0.2, 0) is 0 Å². The van der Waals surface area contributed by atoms with Gasteiger partial charge in [-0.05, 0) is 38.4 Å². The van der Waals surface area contributed by atoms with Crippen molar-refractivity contribution in [2.45, 2.75) is 0 Å². The molecular weight excluding hydrogens is 307 g/mol. The summed E-state index contributed by atoms with van der Waals surface area (Å²) in [6.07, 6.45) is 0. The van der Waals surface area contributed by atoms with Gasteiger partial charge in [-0.15, -0.1) is 0 Å². The molecular formula is C18H10BBr. The van der Waals surface area contributed by atoms with Crippen molar-refractivity contribution in [1.82, 2.24) is 0 Å². The smallest absolute Gasteiger partial charge is 0.0883 e. The van der Waals surface area contributed by atoms with Crippen molar-refractivity contribution >= 4 is 61.6 Å². The van der Waals surface area contributed by atoms with Crippen molar-refractivity contribution < 1.29 is 0 Å². The first-order valence-electron chi connectivity index (χ1n) is 6.54. The van der Waals surface area contributed by atoms with E-state index in [1.54, 1.807) is 0 Å². The third kappa shape index (κ3) is 1.61. The van der Waals surface area contributed by atoms with E-state index in [9.17, 15) is 0 Å². The Balaban J connectivity index is 2.40. The number of benzene rings is 4. The summed E-state index contributed by atoms with van der Waals surface area (Å²) in [5.41, 5.74) is 0.829. The molecule has 0 bridgehead atoms. The van der Waals surface area contributed by atoms with E-state index < -0.39 is 0 Å². The van der Waals surface area contributed by atoms with Crippen molar-refractivity contribution in [3.8, 4) is 0 Å². The third-order valence-corrected chi connectivity index (χ3v) is 4.50. The Morgan fingerprint density at radius 3 is 1.95 bits per heavy atom. The Hall–Kier alpha value is -1.80. The number of rotatable bonds is 0. The summed E-state index contributed by atoms with van der Waals surface area (Å²) in [5.74, 6) is 0. The second kappa shape index (κ2) is 4.36. The molecule has 0 fully saturated rings. The van der Waals surface area contributed by atoms with Crippen LogP contribution in [0.5, 0.6) is 0 Å². The Morgan fingerprint density at radius 2 is 1.25 bits per heavy atom. The van der Waals surface area contributed by atoms with Gasteiger partial charge in [0.2, 0.25) is 0 Å². The van der Waals surface area contributed by atoms with Gasteiger partial charge in [-0.2, -0.15) is 0 Å². The number of halogens is 1. The molecule has 0 saturated carbocycles. The van der Waals surface area contributed by atoms with Crippen LogP contribution in [0.4, 0.5) is 0 Å². The van der Waals surface area contributed by atoms with E-state index in [1.807, 2.05) is 6.07 Å². The zero-order valence-corrected chi connectivity index (χ0v) is 12.3. The lowest BCUT2D eigenvalue weighted by Gasteiger charge is -2.12. The Kier molecular flexibility index (Phi) is 2.61. The Bertz CT molecular complexity index is 896. The fraction of sp³-hybridized carbons (Fsp3) is 0. The molecule has 20 heavy (non-hydrogen) atoms. The first-order valence-corrected chi connectivity index (χ1v) is 7.33. The van der Waals surface area contributed by atoms with Gasteiger partial charge in [0.15, 0.2) is 0 Å². The highest BCUT2D eigenvalue weighted by Crippen LogP contribution is 2.35. The molecule has 0 nitrogen and oxygen atoms in total. The standard InChI is InChI=1S/C18H10BBr/c19-16-9-11-10-17(20)13-6-2-4-8-15(13)18(11)14-7-3-1-5-12(14)16/h1-10H. The van der Waals surface area contributed by atoms with Gasteiger partial charge in [-0.3, -0.25) is 0 Å². The number of fused-ring (bicyclic) bond motifs is 5. The molecule has 0 atom stereocenters. The minimum Gasteiger partial charge on any atom is -0.0883 e. The SMILES string of the molecule is [B]c1cc2cc(Br)c3ccccc3c2c2ccccc12. The lowest BCUT2D eigenvalue weighted by molar-refractivity contribution is 1.76. The van der Waals surface area contributed by atoms with Crippen LogP contribution in [0, 0.1) is 0 Å². The molecule has 2 heteroatoms. The van der Waals surface area contributed by atoms with E-state index in [0.717, 1.165) is 15.3 Å². The van der Waals surface area contributed by atoms with Gasteiger partial charge < -0.3 is 0 Å². The zero-order chi connectivity index (χ0) is 13.7. The maximum atomic E-state index is 6.20. The normalized spacial score (nSPS) is 11.4. The monoisotopic (exact) mass is 316 g/mol. The van der Waals surface area contributed by atoms with Gasteiger partial charge in [0.05, 0.1) is 0 Å². The number of hydrogen-bond donors (Lipinski definition) is 0. The molecule has 2 radical (unpaired) electrons. The predicted octanol–water partition coefficient (Wildman–Crippen LogP) is 4.70. The molecule has 0 heterocycles. The fourth-order valence-electron chi connectivity index (χ4n) is 2.96. The van der Waals surface area contributed by atoms with E-state index in [-0.39, 0.29) is 0 Å². The largest absolute Gasteiger partial charge is 0.114 e. The lowest BCUT2D eigenvalue weighted by atomic mass is 9.85. The van der Waals surface area contributed by atoms with Crippen molar-refractivity contribution in [2.75, 3.05) is 0 Å². The van der Waals surface area contributed by atoms with Crippen LogP contribution < -0.4 is 5.46 Å². The molecule has 0 N–H and O–H groups in total. The first-order chi connectivity index (χ1) is 9.75. The van der Waals surface area contributed by atoms with E-state index in [2.05, 4.69) is 70.5 Å². The van der Waals surface area contributed by atoms with Gasteiger partial charge in [-0.25, -0.2) is 0 Å². The molecule has 0 aliphatic heterocycles. The van der Waals surface area contributed by atoms with Gasteiger partial charge in [0.25, 0.3) is 0 Å². The lowest BCUT2D eigenvalue weighted by Crippen LogP contribution is -2.03. The van der Waals surface area contributed by atoms with Gasteiger partial charge in [0.1, 0.15) is 7.85 Å². The summed E-state index contributed by atoms with van der Waals surface area (Å²) < 4.78 is 1.11. The van der Waals surface area contributed by atoms with E-state index in [4.69, 9.17) is 7.85 Å². The molecule has 0 spiro atoms. The molecule has 92 valence electrons. The summed E-state index contributed by atoms with van der Waals surface area (Å²) in [6, 6.07) is 21.0. The van der Waals surface area contributed by atoms with Gasteiger partial charge >= 0.3 is 0 Å². The minimum atomic E-state index is 0.829. The molecule has 0 unspecified atom stereocenters. The quantitative estimate of drug-likeness (QED) is 0.326. The molecule has 0 aromatic heterocycles. The van der Waals surface area contributed by atoms with E-state index >= 15 is 0 Å². The van der Waals surface area contributed by atoms with E-state index in [0.29, 0.717) is 0 Å². The molecule has 0 aliphatic carbocycles. The fourth-order valence-corrected chi connectivity index (χ4v) is 3.56. The maximum absolute atomic E-state index is 6.20. The second-order valence-electron chi connectivity index (χ2n) is 5.01. The maximum Gasteiger partial charge on any atom is 0.114 e. The topological polar surface area (TPSA) is 0 Å². The summed E-state index contributed by atoms with van der Waals surface area (Å²) >= 11 is 3.67. The summed E-state index contributed by atoms with van der Waals surface area (Å²) in [5, 5.41) is 7.27. The molecule has 0 aliphatic rings. The molecule has 0 saturated heterocycles. The first kappa shape index (κ1) is 12.0. The van der Waals surface area contributed by atoms with Crippen LogP contribution >= 0.6 is 15.9 Å². The van der Waals surface area contributed by atoms with Crippen molar-refractivity contribution in [2.24, 2.45) is 0 Å². The highest BCUT2D eigenvalue weighted by Gasteiger charge is 2.09. The van der Waals surface area contributed by atoms with Gasteiger partial charge in [-0.1, -0.05) is 76.0 Å². The summed E-state index contributed by atoms with van der Waals surface area (Å²) in [6.45, 7) is 0. The predicted molar refractivity (Wildman–Crippen MR) is 92.0 cm³/mol. The van der Waals surface area contributed by atoms with Crippen LogP contribution in [0.25, 0.3) is 32.3 Å². The molecule has 4 rings (SSSR count). The van der Waals surface area contributed by atoms with Crippen LogP contribution in [0.1, 0.15) is 0 Å². The van der Waals surface area contributed by atoms with Crippen LogP contribution in [0.3, 0.4) is 0 Å². The number of hydrogen-bond acceptors (Lipinski definition) is 0. The summed E-state index contributed by atoms with van der Waals surface area (Å²) in [7, 11) is 6.20. The van der Waals surface area contributed by atoms with Crippen LogP contribution in [0.2, 0.25) is 0 Å². The summed E-state index contributed by atoms with van der Waals surface area (Å²) in [4.78, 5) is 0. The average Bonchev–Trinajstić information content (AvgIpc) is 2.47. The van der Waals surface area contributed by atoms with Crippen LogP contribution in [-0.4, -0.2) is 7.85 Å². The average molecular weight is 317 g/mol. The molecule has 4 aromatic rings. The van der Waals surface area contributed by atoms with Crippen molar-refractivity contribution in [3.63, 3.8) is 0 Å².